The van der Waals surface area contributed by atoms with Gasteiger partial charge in [0.1, 0.15) is 6.04 Å². The predicted molar refractivity (Wildman–Crippen MR) is 59.1 cm³/mol. The molecule has 1 aliphatic carbocycles. The minimum Gasteiger partial charge on any atom is -0.480 e. The summed E-state index contributed by atoms with van der Waals surface area (Å²) in [5, 5.41) is 18.5. The van der Waals surface area contributed by atoms with Crippen LogP contribution < -0.4 is 5.73 Å². The van der Waals surface area contributed by atoms with Crippen molar-refractivity contribution in [3.63, 3.8) is 0 Å². The number of nitrogens with two attached hydrogens (primary N) is 1. The van der Waals surface area contributed by atoms with Crippen molar-refractivity contribution in [2.75, 3.05) is 6.54 Å². The summed E-state index contributed by atoms with van der Waals surface area (Å²) in [6.07, 6.45) is 1.55. The van der Waals surface area contributed by atoms with Crippen LogP contribution in [0, 0.1) is 5.92 Å². The molecule has 4 N–H and O–H groups in total. The quantitative estimate of drug-likeness (QED) is 0.585. The molecule has 0 aromatic carbocycles. The summed E-state index contributed by atoms with van der Waals surface area (Å²) >= 11 is 0. The first-order valence-corrected chi connectivity index (χ1v) is 5.96. The van der Waals surface area contributed by atoms with Gasteiger partial charge in [0.05, 0.1) is 6.10 Å². The van der Waals surface area contributed by atoms with E-state index in [1.54, 1.807) is 0 Å². The van der Waals surface area contributed by atoms with Crippen LogP contribution in [0.5, 0.6) is 0 Å². The molecule has 1 saturated heterocycles. The van der Waals surface area contributed by atoms with Gasteiger partial charge < -0.3 is 20.8 Å². The summed E-state index contributed by atoms with van der Waals surface area (Å²) in [7, 11) is 0. The molecule has 1 heterocycles. The largest absolute Gasteiger partial charge is 0.480 e. The van der Waals surface area contributed by atoms with E-state index in [0.717, 1.165) is 12.8 Å². The molecule has 1 amide bonds. The van der Waals surface area contributed by atoms with Gasteiger partial charge in [0.15, 0.2) is 0 Å². The maximum atomic E-state index is 12.1. The number of aliphatic hydroxyl groups is 1. The maximum absolute atomic E-state index is 12.1. The molecule has 2 rings (SSSR count). The van der Waals surface area contributed by atoms with Gasteiger partial charge in [-0.05, 0) is 19.3 Å². The Bertz CT molecular complexity index is 333. The Morgan fingerprint density at radius 3 is 2.47 bits per heavy atom. The molecule has 96 valence electrons. The Morgan fingerprint density at radius 2 is 1.94 bits per heavy atom. The van der Waals surface area contributed by atoms with Crippen LogP contribution in [0.25, 0.3) is 0 Å². The second kappa shape index (κ2) is 4.62. The zero-order chi connectivity index (χ0) is 12.6. The van der Waals surface area contributed by atoms with Crippen LogP contribution in [0.15, 0.2) is 0 Å². The van der Waals surface area contributed by atoms with Crippen LogP contribution in [-0.4, -0.2) is 51.7 Å². The lowest BCUT2D eigenvalue weighted by molar-refractivity contribution is -0.149. The van der Waals surface area contributed by atoms with Gasteiger partial charge in [0.25, 0.3) is 0 Å². The molecular weight excluding hydrogens is 224 g/mol. The third kappa shape index (κ3) is 2.42. The zero-order valence-electron chi connectivity index (χ0n) is 9.58. The number of amides is 1. The van der Waals surface area contributed by atoms with Crippen molar-refractivity contribution in [3.05, 3.63) is 0 Å². The van der Waals surface area contributed by atoms with E-state index in [2.05, 4.69) is 0 Å². The normalized spacial score (nSPS) is 37.4. The monoisotopic (exact) mass is 242 g/mol. The molecule has 2 aliphatic rings. The smallest absolute Gasteiger partial charge is 0.326 e. The lowest BCUT2D eigenvalue weighted by Crippen LogP contribution is -2.43. The molecular formula is C11H18N2O4. The topological polar surface area (TPSA) is 104 Å². The van der Waals surface area contributed by atoms with Crippen LogP contribution in [-0.2, 0) is 9.59 Å². The molecule has 0 aromatic heterocycles. The van der Waals surface area contributed by atoms with Gasteiger partial charge in [-0.2, -0.15) is 0 Å². The minimum atomic E-state index is -1.04. The number of carbonyl (C=O) groups excluding carboxylic acids is 1. The molecule has 4 atom stereocenters. The first-order valence-electron chi connectivity index (χ1n) is 5.96. The molecule has 0 bridgehead atoms. The van der Waals surface area contributed by atoms with Gasteiger partial charge in [-0.25, -0.2) is 4.79 Å². The Balaban J connectivity index is 2.05. The Labute approximate surface area is 99.4 Å². The summed E-state index contributed by atoms with van der Waals surface area (Å²) < 4.78 is 0. The van der Waals surface area contributed by atoms with E-state index < -0.39 is 18.1 Å². The number of carbonyl (C=O) groups is 2. The summed E-state index contributed by atoms with van der Waals surface area (Å²) in [5.74, 6) is -1.38. The fourth-order valence-corrected chi connectivity index (χ4v) is 2.77. The van der Waals surface area contributed by atoms with E-state index in [0.29, 0.717) is 6.42 Å². The summed E-state index contributed by atoms with van der Waals surface area (Å²) in [6, 6.07) is -0.839. The second-order valence-corrected chi connectivity index (χ2v) is 5.00. The average Bonchev–Trinajstić information content (AvgIpc) is 2.83. The van der Waals surface area contributed by atoms with E-state index in [1.807, 2.05) is 0 Å². The highest BCUT2D eigenvalue weighted by atomic mass is 16.4. The predicted octanol–water partition coefficient (Wildman–Crippen LogP) is -0.840. The number of aliphatic hydroxyl groups excluding tert-OH is 1. The van der Waals surface area contributed by atoms with Crippen molar-refractivity contribution in [1.82, 2.24) is 4.90 Å². The first-order chi connectivity index (χ1) is 7.99. The molecule has 6 heteroatoms. The van der Waals surface area contributed by atoms with Gasteiger partial charge in [0, 0.05) is 24.9 Å². The number of aliphatic carboxylic acids is 1. The SMILES string of the molecule is NC1CCC(C(=O)N2CC(O)C[C@H]2C(=O)O)C1. The number of hydrogen-bond donors (Lipinski definition) is 3. The molecule has 3 unspecified atom stereocenters. The van der Waals surface area contributed by atoms with Crippen LogP contribution >= 0.6 is 0 Å². The van der Waals surface area contributed by atoms with Crippen molar-refractivity contribution in [3.8, 4) is 0 Å². The highest BCUT2D eigenvalue weighted by Gasteiger charge is 2.42. The van der Waals surface area contributed by atoms with Gasteiger partial charge in [-0.1, -0.05) is 0 Å². The Hall–Kier alpha value is -1.14. The Morgan fingerprint density at radius 1 is 1.24 bits per heavy atom. The molecule has 0 spiro atoms. The number of carboxylic acids is 1. The fraction of sp³-hybridized carbons (Fsp3) is 0.818. The summed E-state index contributed by atoms with van der Waals surface area (Å²) in [6.45, 7) is 0.127. The van der Waals surface area contributed by atoms with Crippen molar-refractivity contribution in [2.24, 2.45) is 11.7 Å². The van der Waals surface area contributed by atoms with E-state index in [4.69, 9.17) is 10.8 Å². The van der Waals surface area contributed by atoms with Crippen LogP contribution in [0.4, 0.5) is 0 Å². The van der Waals surface area contributed by atoms with E-state index in [-0.39, 0.29) is 30.8 Å². The van der Waals surface area contributed by atoms with E-state index in [9.17, 15) is 14.7 Å². The molecule has 0 radical (unpaired) electrons. The number of hydrogen-bond acceptors (Lipinski definition) is 4. The number of likely N-dealkylation sites (tertiary alicyclic amines) is 1. The number of carboxylic acid groups (broad SMARTS) is 1. The van der Waals surface area contributed by atoms with Gasteiger partial charge in [0.2, 0.25) is 5.91 Å². The van der Waals surface area contributed by atoms with Gasteiger partial charge in [-0.3, -0.25) is 4.79 Å². The standard InChI is InChI=1S/C11H18N2O4/c12-7-2-1-6(3-7)10(15)13-5-8(14)4-9(13)11(16)17/h6-9,14H,1-5,12H2,(H,16,17)/t6?,7?,8?,9-/m0/s1. The third-order valence-electron chi connectivity index (χ3n) is 3.67. The fourth-order valence-electron chi connectivity index (χ4n) is 2.77. The summed E-state index contributed by atoms with van der Waals surface area (Å²) in [4.78, 5) is 24.5. The lowest BCUT2D eigenvalue weighted by atomic mass is 10.1. The zero-order valence-corrected chi connectivity index (χ0v) is 9.58. The number of rotatable bonds is 2. The molecule has 17 heavy (non-hydrogen) atoms. The summed E-state index contributed by atoms with van der Waals surface area (Å²) in [5.41, 5.74) is 5.75. The van der Waals surface area contributed by atoms with Crippen molar-refractivity contribution in [2.45, 2.75) is 43.9 Å². The van der Waals surface area contributed by atoms with Crippen molar-refractivity contribution >= 4 is 11.9 Å². The van der Waals surface area contributed by atoms with Crippen LogP contribution in [0.3, 0.4) is 0 Å². The van der Waals surface area contributed by atoms with Gasteiger partial charge in [-0.15, -0.1) is 0 Å². The highest BCUT2D eigenvalue weighted by molar-refractivity contribution is 5.86. The van der Waals surface area contributed by atoms with Crippen LogP contribution in [0.1, 0.15) is 25.7 Å². The number of β-amino-alcohol motifs (C(OH)–C–C–N with tert-alkyl or cyclic N) is 1. The van der Waals surface area contributed by atoms with Crippen LogP contribution in [0.2, 0.25) is 0 Å². The molecule has 6 nitrogen and oxygen atoms in total. The molecule has 1 saturated carbocycles. The molecule has 0 aromatic rings. The second-order valence-electron chi connectivity index (χ2n) is 5.00. The van der Waals surface area contributed by atoms with E-state index in [1.165, 1.54) is 4.90 Å². The van der Waals surface area contributed by atoms with E-state index >= 15 is 0 Å². The number of nitrogens with zero attached hydrogens (tertiary/aromatic N) is 1. The first kappa shape index (κ1) is 12.3. The minimum absolute atomic E-state index is 0.0414. The average molecular weight is 242 g/mol. The third-order valence-corrected chi connectivity index (χ3v) is 3.67. The molecule has 2 fully saturated rings. The van der Waals surface area contributed by atoms with Crippen molar-refractivity contribution in [1.29, 1.82) is 0 Å². The van der Waals surface area contributed by atoms with Gasteiger partial charge >= 0.3 is 5.97 Å². The maximum Gasteiger partial charge on any atom is 0.326 e. The highest BCUT2D eigenvalue weighted by Crippen LogP contribution is 2.29. The lowest BCUT2D eigenvalue weighted by Gasteiger charge is -2.24. The van der Waals surface area contributed by atoms with Crippen molar-refractivity contribution < 1.29 is 19.8 Å². The Kier molecular flexibility index (Phi) is 3.35. The molecule has 1 aliphatic heterocycles.